The molecule has 11 heteroatoms. The monoisotopic (exact) mass is 494 g/mol. The Labute approximate surface area is 206 Å². The smallest absolute Gasteiger partial charge is 0.219 e. The maximum absolute atomic E-state index is 14.9. The minimum atomic E-state index is -0.555. The van der Waals surface area contributed by atoms with Crippen molar-refractivity contribution in [3.05, 3.63) is 59.4 Å². The molecule has 0 radical (unpaired) electrons. The zero-order valence-electron chi connectivity index (χ0n) is 19.3. The van der Waals surface area contributed by atoms with Gasteiger partial charge in [-0.15, -0.1) is 5.10 Å². The topological polar surface area (TPSA) is 108 Å². The van der Waals surface area contributed by atoms with Gasteiger partial charge in [0.15, 0.2) is 5.82 Å². The molecule has 2 N–H and O–H groups in total. The summed E-state index contributed by atoms with van der Waals surface area (Å²) in [5.41, 5.74) is 9.58. The van der Waals surface area contributed by atoms with Crippen molar-refractivity contribution in [1.82, 2.24) is 34.7 Å². The number of nitrogen functional groups attached to an aromatic ring is 1. The standard InChI is InChI=1S/C24H24ClFN8O/c1-14-23(19-4-3-5-20(25)22(19)26)34(31-30-14)21-10-16(11-28-24(21)27)17-12-29-33(13-17)18-6-8-32(9-7-18)15(2)35/h3-5,10-13,18H,6-9H2,1-2H3,(H2,27,28). The number of aryl methyl sites for hydroxylation is 1. The van der Waals surface area contributed by atoms with Gasteiger partial charge in [-0.3, -0.25) is 9.48 Å². The van der Waals surface area contributed by atoms with Gasteiger partial charge in [0.1, 0.15) is 17.2 Å². The highest BCUT2D eigenvalue weighted by molar-refractivity contribution is 6.31. The van der Waals surface area contributed by atoms with Crippen LogP contribution in [0.25, 0.3) is 28.1 Å². The summed E-state index contributed by atoms with van der Waals surface area (Å²) in [6.07, 6.45) is 7.10. The highest BCUT2D eigenvalue weighted by Crippen LogP contribution is 2.33. The van der Waals surface area contributed by atoms with Gasteiger partial charge in [-0.25, -0.2) is 14.1 Å². The van der Waals surface area contributed by atoms with E-state index >= 15 is 0 Å². The van der Waals surface area contributed by atoms with E-state index in [4.69, 9.17) is 17.3 Å². The number of nitrogens with two attached hydrogens (primary N) is 1. The normalized spacial score (nSPS) is 14.5. The average molecular weight is 495 g/mol. The van der Waals surface area contributed by atoms with E-state index in [1.807, 2.05) is 21.8 Å². The molecule has 1 saturated heterocycles. The first-order valence-electron chi connectivity index (χ1n) is 11.3. The third-order valence-corrected chi connectivity index (χ3v) is 6.68. The molecule has 9 nitrogen and oxygen atoms in total. The summed E-state index contributed by atoms with van der Waals surface area (Å²) >= 11 is 6.02. The number of rotatable bonds is 4. The lowest BCUT2D eigenvalue weighted by Gasteiger charge is -2.31. The van der Waals surface area contributed by atoms with Crippen molar-refractivity contribution in [2.75, 3.05) is 18.8 Å². The van der Waals surface area contributed by atoms with Crippen LogP contribution in [0.3, 0.4) is 0 Å². The van der Waals surface area contributed by atoms with Crippen LogP contribution in [0.5, 0.6) is 0 Å². The molecule has 5 rings (SSSR count). The molecule has 1 aliphatic heterocycles. The fraction of sp³-hybridized carbons (Fsp3) is 0.292. The molecule has 1 aliphatic rings. The molecule has 1 aromatic carbocycles. The lowest BCUT2D eigenvalue weighted by molar-refractivity contribution is -0.130. The maximum atomic E-state index is 14.9. The van der Waals surface area contributed by atoms with E-state index in [-0.39, 0.29) is 28.4 Å². The molecule has 0 spiro atoms. The Morgan fingerprint density at radius 3 is 2.71 bits per heavy atom. The number of anilines is 1. The first-order chi connectivity index (χ1) is 16.8. The van der Waals surface area contributed by atoms with Gasteiger partial charge >= 0.3 is 0 Å². The Morgan fingerprint density at radius 2 is 1.97 bits per heavy atom. The van der Waals surface area contributed by atoms with Gasteiger partial charge in [0.05, 0.1) is 23.0 Å². The minimum Gasteiger partial charge on any atom is -0.382 e. The second kappa shape index (κ2) is 9.10. The third kappa shape index (κ3) is 4.25. The molecule has 0 atom stereocenters. The lowest BCUT2D eigenvalue weighted by Crippen LogP contribution is -2.37. The maximum Gasteiger partial charge on any atom is 0.219 e. The van der Waals surface area contributed by atoms with Crippen molar-refractivity contribution in [2.45, 2.75) is 32.7 Å². The molecule has 0 aliphatic carbocycles. The van der Waals surface area contributed by atoms with Gasteiger partial charge in [0.2, 0.25) is 5.91 Å². The Bertz CT molecular complexity index is 1410. The molecule has 0 unspecified atom stereocenters. The molecule has 3 aromatic heterocycles. The summed E-state index contributed by atoms with van der Waals surface area (Å²) < 4.78 is 18.3. The van der Waals surface area contributed by atoms with Crippen LogP contribution >= 0.6 is 11.6 Å². The Kier molecular flexibility index (Phi) is 5.98. The van der Waals surface area contributed by atoms with E-state index < -0.39 is 5.82 Å². The van der Waals surface area contributed by atoms with Crippen molar-refractivity contribution in [3.63, 3.8) is 0 Å². The number of hydrogen-bond donors (Lipinski definition) is 1. The number of aromatic nitrogens is 6. The SMILES string of the molecule is CC(=O)N1CCC(n2cc(-c3cnc(N)c(-n4nnc(C)c4-c4cccc(Cl)c4F)c3)cn2)CC1. The van der Waals surface area contributed by atoms with E-state index in [2.05, 4.69) is 20.4 Å². The van der Waals surface area contributed by atoms with Gasteiger partial charge in [0, 0.05) is 49.1 Å². The largest absolute Gasteiger partial charge is 0.382 e. The molecular weight excluding hydrogens is 471 g/mol. The van der Waals surface area contributed by atoms with Gasteiger partial charge in [-0.1, -0.05) is 22.9 Å². The molecule has 0 saturated carbocycles. The van der Waals surface area contributed by atoms with Crippen molar-refractivity contribution < 1.29 is 9.18 Å². The summed E-state index contributed by atoms with van der Waals surface area (Å²) in [5, 5.41) is 12.9. The quantitative estimate of drug-likeness (QED) is 0.458. The van der Waals surface area contributed by atoms with Crippen LogP contribution in [0, 0.1) is 12.7 Å². The molecule has 4 heterocycles. The van der Waals surface area contributed by atoms with Crippen LogP contribution in [0.15, 0.2) is 42.9 Å². The molecule has 4 aromatic rings. The second-order valence-electron chi connectivity index (χ2n) is 8.61. The van der Waals surface area contributed by atoms with E-state index in [1.165, 1.54) is 10.7 Å². The van der Waals surface area contributed by atoms with E-state index in [0.717, 1.165) is 37.1 Å². The Hall–Kier alpha value is -3.79. The number of likely N-dealkylation sites (tertiary alicyclic amines) is 1. The van der Waals surface area contributed by atoms with Crippen LogP contribution in [-0.4, -0.2) is 53.7 Å². The third-order valence-electron chi connectivity index (χ3n) is 6.39. The molecule has 1 fully saturated rings. The number of carbonyl (C=O) groups excluding carboxylic acids is 1. The molecule has 0 bridgehead atoms. The van der Waals surface area contributed by atoms with E-state index in [0.29, 0.717) is 17.1 Å². The number of pyridine rings is 1. The zero-order valence-corrected chi connectivity index (χ0v) is 20.1. The summed E-state index contributed by atoms with van der Waals surface area (Å²) in [6.45, 7) is 4.78. The van der Waals surface area contributed by atoms with Crippen LogP contribution in [0.4, 0.5) is 10.2 Å². The Balaban J connectivity index is 1.48. The first-order valence-corrected chi connectivity index (χ1v) is 11.6. The number of carbonyl (C=O) groups is 1. The minimum absolute atomic E-state index is 0.0102. The van der Waals surface area contributed by atoms with Gasteiger partial charge in [0.25, 0.3) is 0 Å². The average Bonchev–Trinajstić information content (AvgIpc) is 3.49. The number of piperidine rings is 1. The highest BCUT2D eigenvalue weighted by atomic mass is 35.5. The molecule has 1 amide bonds. The predicted molar refractivity (Wildman–Crippen MR) is 130 cm³/mol. The second-order valence-corrected chi connectivity index (χ2v) is 9.02. The van der Waals surface area contributed by atoms with Crippen molar-refractivity contribution in [2.24, 2.45) is 0 Å². The fourth-order valence-corrected chi connectivity index (χ4v) is 4.62. The fourth-order valence-electron chi connectivity index (χ4n) is 4.44. The molecule has 35 heavy (non-hydrogen) atoms. The summed E-state index contributed by atoms with van der Waals surface area (Å²) in [7, 11) is 0. The van der Waals surface area contributed by atoms with E-state index in [9.17, 15) is 9.18 Å². The number of amides is 1. The van der Waals surface area contributed by atoms with Crippen LogP contribution in [0.1, 0.15) is 31.5 Å². The number of hydrogen-bond acceptors (Lipinski definition) is 6. The number of nitrogens with zero attached hydrogens (tertiary/aromatic N) is 7. The first kappa shape index (κ1) is 23.0. The summed E-state index contributed by atoms with van der Waals surface area (Å²) in [5.74, 6) is -0.225. The van der Waals surface area contributed by atoms with Crippen LogP contribution < -0.4 is 5.73 Å². The number of halogens is 2. The van der Waals surface area contributed by atoms with Crippen molar-refractivity contribution in [1.29, 1.82) is 0 Å². The van der Waals surface area contributed by atoms with E-state index in [1.54, 1.807) is 38.4 Å². The van der Waals surface area contributed by atoms with Crippen molar-refractivity contribution in [3.8, 4) is 28.1 Å². The zero-order chi connectivity index (χ0) is 24.7. The van der Waals surface area contributed by atoms with Gasteiger partial charge < -0.3 is 10.6 Å². The highest BCUT2D eigenvalue weighted by Gasteiger charge is 2.24. The Morgan fingerprint density at radius 1 is 1.20 bits per heavy atom. The van der Waals surface area contributed by atoms with Gasteiger partial charge in [-0.2, -0.15) is 5.10 Å². The summed E-state index contributed by atoms with van der Waals surface area (Å²) in [4.78, 5) is 17.8. The van der Waals surface area contributed by atoms with Gasteiger partial charge in [-0.05, 0) is 38.0 Å². The summed E-state index contributed by atoms with van der Waals surface area (Å²) in [6, 6.07) is 6.84. The molecular formula is C24H24ClFN8O. The predicted octanol–water partition coefficient (Wildman–Crippen LogP) is 4.06. The van der Waals surface area contributed by atoms with Crippen LogP contribution in [-0.2, 0) is 4.79 Å². The lowest BCUT2D eigenvalue weighted by atomic mass is 10.1. The molecule has 180 valence electrons. The van der Waals surface area contributed by atoms with Crippen LogP contribution in [0.2, 0.25) is 5.02 Å². The number of benzene rings is 1. The van der Waals surface area contributed by atoms with Crippen molar-refractivity contribution >= 4 is 23.3 Å².